The van der Waals surface area contributed by atoms with E-state index in [2.05, 4.69) is 5.32 Å². The Morgan fingerprint density at radius 1 is 0.971 bits per heavy atom. The molecule has 10 heteroatoms. The van der Waals surface area contributed by atoms with Gasteiger partial charge in [-0.05, 0) is 30.5 Å². The lowest BCUT2D eigenvalue weighted by Gasteiger charge is -2.31. The highest BCUT2D eigenvalue weighted by Gasteiger charge is 2.30. The number of methoxy groups -OCH3 is 2. The van der Waals surface area contributed by atoms with Crippen molar-refractivity contribution in [2.24, 2.45) is 5.92 Å². The summed E-state index contributed by atoms with van der Waals surface area (Å²) in [4.78, 5) is 27.7. The molecule has 9 nitrogen and oxygen atoms in total. The monoisotopic (exact) mass is 505 g/mol. The Morgan fingerprint density at radius 2 is 1.60 bits per heavy atom. The predicted molar refractivity (Wildman–Crippen MR) is 136 cm³/mol. The van der Waals surface area contributed by atoms with E-state index in [-0.39, 0.29) is 24.1 Å². The highest BCUT2D eigenvalue weighted by atomic mass is 32.2. The van der Waals surface area contributed by atoms with E-state index in [0.717, 1.165) is 16.1 Å². The van der Waals surface area contributed by atoms with Crippen LogP contribution in [0, 0.1) is 5.92 Å². The molecular weight excluding hydrogens is 470 g/mol. The van der Waals surface area contributed by atoms with Crippen LogP contribution in [-0.4, -0.2) is 64.7 Å². The molecule has 0 bridgehead atoms. The van der Waals surface area contributed by atoms with E-state index in [4.69, 9.17) is 9.47 Å². The second-order valence-corrected chi connectivity index (χ2v) is 10.5. The second-order valence-electron chi connectivity index (χ2n) is 8.63. The second kappa shape index (κ2) is 12.4. The number of ether oxygens (including phenoxy) is 2. The molecule has 0 saturated heterocycles. The van der Waals surface area contributed by atoms with Crippen LogP contribution in [-0.2, 0) is 26.2 Å². The first-order chi connectivity index (χ1) is 16.5. The fourth-order valence-corrected chi connectivity index (χ4v) is 4.25. The molecule has 2 amide bonds. The number of sulfonamides is 1. The topological polar surface area (TPSA) is 105 Å². The number of hydrogen-bond acceptors (Lipinski definition) is 6. The Morgan fingerprint density at radius 3 is 2.14 bits per heavy atom. The first kappa shape index (κ1) is 28.0. The Hall–Kier alpha value is -3.27. The number of nitrogens with zero attached hydrogens (tertiary/aromatic N) is 2. The molecule has 1 N–H and O–H groups in total. The van der Waals surface area contributed by atoms with Gasteiger partial charge in [-0.25, -0.2) is 8.42 Å². The van der Waals surface area contributed by atoms with E-state index >= 15 is 0 Å². The molecule has 0 heterocycles. The molecule has 0 fully saturated rings. The van der Waals surface area contributed by atoms with Crippen molar-refractivity contribution in [3.05, 3.63) is 54.1 Å². The molecule has 1 atom stereocenters. The summed E-state index contributed by atoms with van der Waals surface area (Å²) in [6.07, 6.45) is 1.03. The van der Waals surface area contributed by atoms with Crippen LogP contribution >= 0.6 is 0 Å². The zero-order chi connectivity index (χ0) is 26.2. The van der Waals surface area contributed by atoms with E-state index in [1.54, 1.807) is 13.0 Å². The summed E-state index contributed by atoms with van der Waals surface area (Å²) in [5, 5.41) is 2.85. The minimum absolute atomic E-state index is 0.152. The molecule has 0 radical (unpaired) electrons. The molecule has 192 valence electrons. The van der Waals surface area contributed by atoms with Gasteiger partial charge in [0.15, 0.2) is 11.5 Å². The molecule has 0 aliphatic heterocycles. The number of rotatable bonds is 12. The number of carbonyl (C=O) groups is 2. The molecular formula is C25H35N3O6S. The van der Waals surface area contributed by atoms with Crippen LogP contribution in [0.15, 0.2) is 48.5 Å². The predicted octanol–water partition coefficient (Wildman–Crippen LogP) is 2.66. The summed E-state index contributed by atoms with van der Waals surface area (Å²) in [5.41, 5.74) is 1.07. The van der Waals surface area contributed by atoms with Crippen molar-refractivity contribution in [3.63, 3.8) is 0 Å². The fraction of sp³-hybridized carbons (Fsp3) is 0.440. The standard InChI is InChI=1S/C25H35N3O6S/c1-18(2)15-26-25(30)19(3)27(16-20-10-8-7-9-11-20)24(29)17-28(35(6,31)32)21-12-13-22(33-4)23(14-21)34-5/h7-14,18-19H,15-17H2,1-6H3,(H,26,30). The fourth-order valence-electron chi connectivity index (χ4n) is 3.41. The average molecular weight is 506 g/mol. The number of benzene rings is 2. The zero-order valence-corrected chi connectivity index (χ0v) is 22.0. The Bertz CT molecular complexity index is 1110. The molecule has 2 aromatic carbocycles. The van der Waals surface area contributed by atoms with Crippen LogP contribution in [0.2, 0.25) is 0 Å². The number of anilines is 1. The molecule has 0 saturated carbocycles. The van der Waals surface area contributed by atoms with Gasteiger partial charge in [0.25, 0.3) is 0 Å². The molecule has 0 aromatic heterocycles. The van der Waals surface area contributed by atoms with Gasteiger partial charge in [-0.3, -0.25) is 13.9 Å². The maximum atomic E-state index is 13.5. The third-order valence-corrected chi connectivity index (χ3v) is 6.52. The maximum Gasteiger partial charge on any atom is 0.244 e. The molecule has 0 spiro atoms. The highest BCUT2D eigenvalue weighted by Crippen LogP contribution is 2.32. The smallest absolute Gasteiger partial charge is 0.244 e. The van der Waals surface area contributed by atoms with Crippen LogP contribution in [0.25, 0.3) is 0 Å². The van der Waals surface area contributed by atoms with Crippen molar-refractivity contribution in [1.29, 1.82) is 0 Å². The van der Waals surface area contributed by atoms with Crippen molar-refractivity contribution >= 4 is 27.5 Å². The van der Waals surface area contributed by atoms with E-state index in [1.165, 1.54) is 31.3 Å². The number of hydrogen-bond donors (Lipinski definition) is 1. The summed E-state index contributed by atoms with van der Waals surface area (Å²) in [5.74, 6) is 0.183. The van der Waals surface area contributed by atoms with E-state index in [9.17, 15) is 18.0 Å². The van der Waals surface area contributed by atoms with Crippen molar-refractivity contribution in [2.75, 3.05) is 37.9 Å². The minimum Gasteiger partial charge on any atom is -0.493 e. The van der Waals surface area contributed by atoms with E-state index in [1.807, 2.05) is 44.2 Å². The maximum absolute atomic E-state index is 13.5. The van der Waals surface area contributed by atoms with Crippen LogP contribution in [0.1, 0.15) is 26.3 Å². The quantitative estimate of drug-likeness (QED) is 0.476. The van der Waals surface area contributed by atoms with Crippen molar-refractivity contribution < 1.29 is 27.5 Å². The number of amides is 2. The van der Waals surface area contributed by atoms with E-state index < -0.39 is 28.5 Å². The lowest BCUT2D eigenvalue weighted by atomic mass is 10.1. The third kappa shape index (κ3) is 7.88. The van der Waals surface area contributed by atoms with Crippen molar-refractivity contribution in [2.45, 2.75) is 33.4 Å². The van der Waals surface area contributed by atoms with Gasteiger partial charge in [-0.15, -0.1) is 0 Å². The largest absolute Gasteiger partial charge is 0.493 e. The summed E-state index contributed by atoms with van der Waals surface area (Å²) >= 11 is 0. The Balaban J connectivity index is 2.39. The first-order valence-electron chi connectivity index (χ1n) is 11.3. The number of carbonyl (C=O) groups excluding carboxylic acids is 2. The summed E-state index contributed by atoms with van der Waals surface area (Å²) in [6, 6.07) is 13.0. The summed E-state index contributed by atoms with van der Waals surface area (Å²) in [7, 11) is -0.927. The van der Waals surface area contributed by atoms with Gasteiger partial charge in [-0.2, -0.15) is 0 Å². The van der Waals surface area contributed by atoms with Crippen LogP contribution in [0.4, 0.5) is 5.69 Å². The normalized spacial score (nSPS) is 12.1. The molecule has 2 aromatic rings. The average Bonchev–Trinajstić information content (AvgIpc) is 2.83. The van der Waals surface area contributed by atoms with Crippen molar-refractivity contribution in [1.82, 2.24) is 10.2 Å². The zero-order valence-electron chi connectivity index (χ0n) is 21.1. The highest BCUT2D eigenvalue weighted by molar-refractivity contribution is 7.92. The van der Waals surface area contributed by atoms with Crippen LogP contribution in [0.5, 0.6) is 11.5 Å². The van der Waals surface area contributed by atoms with Gasteiger partial charge < -0.3 is 19.7 Å². The molecule has 0 aliphatic rings. The van der Waals surface area contributed by atoms with Crippen LogP contribution < -0.4 is 19.1 Å². The molecule has 1 unspecified atom stereocenters. The van der Waals surface area contributed by atoms with Gasteiger partial charge in [0.2, 0.25) is 21.8 Å². The minimum atomic E-state index is -3.84. The third-order valence-electron chi connectivity index (χ3n) is 5.38. The van der Waals surface area contributed by atoms with Gasteiger partial charge in [0.05, 0.1) is 26.2 Å². The Labute approximate surface area is 208 Å². The van der Waals surface area contributed by atoms with Gasteiger partial charge >= 0.3 is 0 Å². The SMILES string of the molecule is COc1ccc(N(CC(=O)N(Cc2ccccc2)C(C)C(=O)NCC(C)C)S(C)(=O)=O)cc1OC. The molecule has 35 heavy (non-hydrogen) atoms. The number of nitrogens with one attached hydrogen (secondary N) is 1. The molecule has 2 rings (SSSR count). The summed E-state index contributed by atoms with van der Waals surface area (Å²) < 4.78 is 36.9. The van der Waals surface area contributed by atoms with Gasteiger partial charge in [-0.1, -0.05) is 44.2 Å². The van der Waals surface area contributed by atoms with Gasteiger partial charge in [0, 0.05) is 19.2 Å². The lowest BCUT2D eigenvalue weighted by Crippen LogP contribution is -2.51. The van der Waals surface area contributed by atoms with Crippen molar-refractivity contribution in [3.8, 4) is 11.5 Å². The van der Waals surface area contributed by atoms with Crippen LogP contribution in [0.3, 0.4) is 0 Å². The Kier molecular flexibility index (Phi) is 9.94. The summed E-state index contributed by atoms with van der Waals surface area (Å²) in [6.45, 7) is 5.73. The lowest BCUT2D eigenvalue weighted by molar-refractivity contribution is -0.139. The first-order valence-corrected chi connectivity index (χ1v) is 13.1. The van der Waals surface area contributed by atoms with E-state index in [0.29, 0.717) is 18.0 Å². The van der Waals surface area contributed by atoms with Gasteiger partial charge in [0.1, 0.15) is 12.6 Å². The molecule has 0 aliphatic carbocycles.